The molecule has 1 aliphatic carbocycles. The molecule has 166 valence electrons. The van der Waals surface area contributed by atoms with Gasteiger partial charge in [-0.1, -0.05) is 29.3 Å². The first-order valence-electron chi connectivity index (χ1n) is 10.5. The van der Waals surface area contributed by atoms with Gasteiger partial charge in [0, 0.05) is 41.3 Å². The molecule has 2 N–H and O–H groups in total. The predicted molar refractivity (Wildman–Crippen MR) is 119 cm³/mol. The fraction of sp³-hybridized carbons (Fsp3) is 0.500. The first-order valence-corrected chi connectivity index (χ1v) is 11.3. The zero-order chi connectivity index (χ0) is 22.3. The van der Waals surface area contributed by atoms with Crippen molar-refractivity contribution in [3.8, 4) is 0 Å². The van der Waals surface area contributed by atoms with E-state index in [0.29, 0.717) is 54.7 Å². The van der Waals surface area contributed by atoms with Gasteiger partial charge in [0.15, 0.2) is 0 Å². The van der Waals surface area contributed by atoms with E-state index in [1.165, 1.54) is 0 Å². The lowest BCUT2D eigenvalue weighted by atomic mass is 9.84. The number of carbonyl (C=O) groups is 2. The second-order valence-electron chi connectivity index (χ2n) is 8.04. The fourth-order valence-electron chi connectivity index (χ4n) is 4.76. The van der Waals surface area contributed by atoms with Gasteiger partial charge >= 0.3 is 6.09 Å². The summed E-state index contributed by atoms with van der Waals surface area (Å²) in [4.78, 5) is 33.9. The number of likely N-dealkylation sites (tertiary alicyclic amines) is 1. The Balaban J connectivity index is 1.67. The number of hydrogen-bond acceptors (Lipinski definition) is 5. The van der Waals surface area contributed by atoms with E-state index in [0.717, 1.165) is 22.5 Å². The van der Waals surface area contributed by atoms with Crippen LogP contribution in [0.5, 0.6) is 0 Å². The van der Waals surface area contributed by atoms with Crippen molar-refractivity contribution < 1.29 is 14.3 Å². The van der Waals surface area contributed by atoms with Crippen LogP contribution in [0.4, 0.5) is 4.79 Å². The zero-order valence-electron chi connectivity index (χ0n) is 17.7. The van der Waals surface area contributed by atoms with Gasteiger partial charge in [-0.25, -0.2) is 4.79 Å². The molecule has 9 heteroatoms. The van der Waals surface area contributed by atoms with Gasteiger partial charge in [-0.05, 0) is 43.9 Å². The van der Waals surface area contributed by atoms with Crippen molar-refractivity contribution in [2.24, 2.45) is 5.73 Å². The van der Waals surface area contributed by atoms with Crippen LogP contribution in [-0.4, -0.2) is 52.5 Å². The van der Waals surface area contributed by atoms with Gasteiger partial charge in [-0.15, -0.1) is 0 Å². The summed E-state index contributed by atoms with van der Waals surface area (Å²) < 4.78 is 5.11. The van der Waals surface area contributed by atoms with Gasteiger partial charge in [0.25, 0.3) is 5.91 Å². The number of ether oxygens (including phenoxy) is 1. The summed E-state index contributed by atoms with van der Waals surface area (Å²) in [5, 5.41) is 1.19. The van der Waals surface area contributed by atoms with Gasteiger partial charge < -0.3 is 20.3 Å². The lowest BCUT2D eigenvalue weighted by molar-refractivity contribution is 0.0695. The van der Waals surface area contributed by atoms with Crippen LogP contribution < -0.4 is 5.73 Å². The number of halogens is 2. The molecule has 31 heavy (non-hydrogen) atoms. The molecular weight excluding hydrogens is 439 g/mol. The molecule has 2 aliphatic heterocycles. The van der Waals surface area contributed by atoms with Crippen LogP contribution in [0.2, 0.25) is 0 Å². The summed E-state index contributed by atoms with van der Waals surface area (Å²) in [6, 6.07) is -0.0766. The van der Waals surface area contributed by atoms with Crippen LogP contribution in [0.3, 0.4) is 0 Å². The Morgan fingerprint density at radius 1 is 1.39 bits per heavy atom. The Labute approximate surface area is 191 Å². The quantitative estimate of drug-likeness (QED) is 0.732. The first-order chi connectivity index (χ1) is 14.8. The van der Waals surface area contributed by atoms with Crippen LogP contribution in [0, 0.1) is 6.92 Å². The second kappa shape index (κ2) is 8.81. The summed E-state index contributed by atoms with van der Waals surface area (Å²) >= 11 is 12.7. The highest BCUT2D eigenvalue weighted by Gasteiger charge is 2.42. The van der Waals surface area contributed by atoms with Crippen molar-refractivity contribution in [3.05, 3.63) is 50.3 Å². The van der Waals surface area contributed by atoms with Crippen molar-refractivity contribution in [2.75, 3.05) is 19.7 Å². The summed E-state index contributed by atoms with van der Waals surface area (Å²) in [5.41, 5.74) is 9.96. The van der Waals surface area contributed by atoms with Gasteiger partial charge in [0.05, 0.1) is 30.5 Å². The van der Waals surface area contributed by atoms with Gasteiger partial charge in [-0.2, -0.15) is 0 Å². The maximum atomic E-state index is 13.6. The topological polar surface area (TPSA) is 88.8 Å². The van der Waals surface area contributed by atoms with Gasteiger partial charge in [0.1, 0.15) is 0 Å². The maximum absolute atomic E-state index is 13.6. The number of rotatable bonds is 4. The van der Waals surface area contributed by atoms with Crippen LogP contribution in [0.15, 0.2) is 22.2 Å². The molecule has 1 fully saturated rings. The Morgan fingerprint density at radius 2 is 2.16 bits per heavy atom. The molecule has 0 spiro atoms. The summed E-state index contributed by atoms with van der Waals surface area (Å²) in [6.45, 7) is 5.74. The minimum atomic E-state index is -0.336. The standard InChI is InChI=1S/C22H26Cl2N4O3/c1-3-31-22(30)27-7-6-14(10-27)28-11-18-20(21(28)29)19(16(9-25)12(2)26-18)15-5-4-13(23)8-17(15)24/h4,8,14-15H,3,5-7,9-11,25H2,1-2H3/t14-,15?/m0/s1. The fourth-order valence-corrected chi connectivity index (χ4v) is 5.34. The zero-order valence-corrected chi connectivity index (χ0v) is 19.2. The molecule has 0 radical (unpaired) electrons. The smallest absolute Gasteiger partial charge is 0.409 e. The molecule has 1 unspecified atom stereocenters. The highest BCUT2D eigenvalue weighted by Crippen LogP contribution is 2.43. The van der Waals surface area contributed by atoms with E-state index in [4.69, 9.17) is 38.7 Å². The molecule has 2 amide bonds. The molecule has 0 saturated carbocycles. The third-order valence-electron chi connectivity index (χ3n) is 6.26. The third-order valence-corrected chi connectivity index (χ3v) is 6.89. The largest absolute Gasteiger partial charge is 0.450 e. The van der Waals surface area contributed by atoms with Crippen molar-refractivity contribution in [1.29, 1.82) is 0 Å². The van der Waals surface area contributed by atoms with E-state index >= 15 is 0 Å². The molecule has 1 aromatic heterocycles. The number of aromatic nitrogens is 1. The van der Waals surface area contributed by atoms with Crippen LogP contribution in [0.25, 0.3) is 0 Å². The second-order valence-corrected chi connectivity index (χ2v) is 8.92. The Hall–Kier alpha value is -2.09. The van der Waals surface area contributed by atoms with Crippen LogP contribution >= 0.6 is 23.2 Å². The van der Waals surface area contributed by atoms with Crippen molar-refractivity contribution in [3.63, 3.8) is 0 Å². The Bertz CT molecular complexity index is 991. The van der Waals surface area contributed by atoms with Gasteiger partial charge in [0.2, 0.25) is 0 Å². The average molecular weight is 465 g/mol. The summed E-state index contributed by atoms with van der Waals surface area (Å²) in [7, 11) is 0. The molecule has 0 bridgehead atoms. The van der Waals surface area contributed by atoms with E-state index in [1.807, 2.05) is 17.9 Å². The molecule has 0 aromatic carbocycles. The van der Waals surface area contributed by atoms with Crippen LogP contribution in [0.1, 0.15) is 58.6 Å². The molecule has 1 aromatic rings. The molecule has 3 aliphatic rings. The number of carbonyl (C=O) groups excluding carboxylic acids is 2. The van der Waals surface area contributed by atoms with Crippen molar-refractivity contribution >= 4 is 35.2 Å². The number of allylic oxidation sites excluding steroid dienone is 4. The Kier molecular flexibility index (Phi) is 6.28. The summed E-state index contributed by atoms with van der Waals surface area (Å²) in [5.74, 6) is -0.255. The lowest BCUT2D eigenvalue weighted by Gasteiger charge is -2.26. The number of fused-ring (bicyclic) bond motifs is 1. The third kappa shape index (κ3) is 3.95. The monoisotopic (exact) mass is 464 g/mol. The highest BCUT2D eigenvalue weighted by molar-refractivity contribution is 6.35. The van der Waals surface area contributed by atoms with E-state index < -0.39 is 0 Å². The number of aryl methyl sites for hydroxylation is 1. The van der Waals surface area contributed by atoms with Crippen molar-refractivity contribution in [2.45, 2.75) is 51.7 Å². The minimum Gasteiger partial charge on any atom is -0.450 e. The lowest BCUT2D eigenvalue weighted by Crippen LogP contribution is -2.39. The molecule has 2 atom stereocenters. The highest BCUT2D eigenvalue weighted by atomic mass is 35.5. The minimum absolute atomic E-state index is 0.0759. The average Bonchev–Trinajstić information content (AvgIpc) is 3.32. The van der Waals surface area contributed by atoms with E-state index in [2.05, 4.69) is 0 Å². The number of hydrogen-bond donors (Lipinski definition) is 1. The van der Waals surface area contributed by atoms with E-state index in [1.54, 1.807) is 17.9 Å². The van der Waals surface area contributed by atoms with Gasteiger partial charge in [-0.3, -0.25) is 9.78 Å². The van der Waals surface area contributed by atoms with Crippen LogP contribution in [-0.2, 0) is 17.8 Å². The number of amides is 2. The van der Waals surface area contributed by atoms with E-state index in [9.17, 15) is 9.59 Å². The normalized spacial score (nSPS) is 23.1. The number of pyridine rings is 1. The predicted octanol–water partition coefficient (Wildman–Crippen LogP) is 3.77. The number of nitrogens with zero attached hydrogens (tertiary/aromatic N) is 3. The molecule has 7 nitrogen and oxygen atoms in total. The molecular formula is C22H26Cl2N4O3. The molecule has 1 saturated heterocycles. The molecule has 4 rings (SSSR count). The van der Waals surface area contributed by atoms with E-state index in [-0.39, 0.29) is 30.5 Å². The first kappa shape index (κ1) is 22.1. The number of nitrogens with two attached hydrogens (primary N) is 1. The van der Waals surface area contributed by atoms with Crippen molar-refractivity contribution in [1.82, 2.24) is 14.8 Å². The maximum Gasteiger partial charge on any atom is 0.409 e. The SMILES string of the molecule is CCOC(=O)N1CC[C@H](N2Cc3nc(C)c(CN)c(C4CC=C(Cl)C=C4Cl)c3C2=O)C1. The summed E-state index contributed by atoms with van der Waals surface area (Å²) in [6.07, 6.45) is 4.61. The molecule has 3 heterocycles. The Morgan fingerprint density at radius 3 is 2.84 bits per heavy atom.